The second kappa shape index (κ2) is 6.61. The average Bonchev–Trinajstić information content (AvgIpc) is 2.44. The summed E-state index contributed by atoms with van der Waals surface area (Å²) in [6.45, 7) is 0.314. The smallest absolute Gasteiger partial charge is 0.251 e. The Labute approximate surface area is 123 Å². The lowest BCUT2D eigenvalue weighted by molar-refractivity contribution is 0.0954. The maximum Gasteiger partial charge on any atom is 0.251 e. The summed E-state index contributed by atoms with van der Waals surface area (Å²) in [5.74, 6) is -1.03. The number of hydrogen-bond acceptors (Lipinski definition) is 1. The van der Waals surface area contributed by atoms with E-state index < -0.39 is 5.82 Å². The van der Waals surface area contributed by atoms with Crippen molar-refractivity contribution in [2.24, 2.45) is 0 Å². The van der Waals surface area contributed by atoms with E-state index in [1.54, 1.807) is 18.2 Å². The second-order valence-corrected chi connectivity index (χ2v) is 5.08. The van der Waals surface area contributed by atoms with E-state index in [9.17, 15) is 13.6 Å². The van der Waals surface area contributed by atoms with Crippen LogP contribution in [0.4, 0.5) is 8.78 Å². The molecule has 0 unspecified atom stereocenters. The van der Waals surface area contributed by atoms with Gasteiger partial charge in [-0.15, -0.1) is 0 Å². The molecule has 0 saturated heterocycles. The van der Waals surface area contributed by atoms with Gasteiger partial charge in [0.05, 0.1) is 4.47 Å². The molecule has 1 amide bonds. The van der Waals surface area contributed by atoms with Crippen molar-refractivity contribution in [3.8, 4) is 0 Å². The third-order valence-corrected chi connectivity index (χ3v) is 3.43. The molecule has 2 aromatic carbocycles. The van der Waals surface area contributed by atoms with Crippen molar-refractivity contribution in [1.82, 2.24) is 5.32 Å². The molecule has 0 aliphatic rings. The normalized spacial score (nSPS) is 10.3. The van der Waals surface area contributed by atoms with Crippen molar-refractivity contribution in [2.75, 3.05) is 6.54 Å². The van der Waals surface area contributed by atoms with E-state index in [0.29, 0.717) is 24.1 Å². The Kier molecular flexibility index (Phi) is 4.84. The highest BCUT2D eigenvalue weighted by atomic mass is 79.9. The van der Waals surface area contributed by atoms with Crippen LogP contribution in [0.3, 0.4) is 0 Å². The first-order chi connectivity index (χ1) is 9.58. The van der Waals surface area contributed by atoms with Crippen molar-refractivity contribution in [2.45, 2.75) is 6.42 Å². The zero-order valence-electron chi connectivity index (χ0n) is 10.5. The summed E-state index contributed by atoms with van der Waals surface area (Å²) in [5, 5.41) is 2.67. The van der Waals surface area contributed by atoms with Crippen molar-refractivity contribution in [1.29, 1.82) is 0 Å². The van der Waals surface area contributed by atoms with E-state index in [4.69, 9.17) is 0 Å². The largest absolute Gasteiger partial charge is 0.352 e. The standard InChI is InChI=1S/C15H12BrF2NO/c16-12-9-11(5-6-14(12)18)15(20)19-8-7-10-3-1-2-4-13(10)17/h1-6,9H,7-8H2,(H,19,20). The van der Waals surface area contributed by atoms with Crippen LogP contribution in [0.25, 0.3) is 0 Å². The molecule has 0 saturated carbocycles. The second-order valence-electron chi connectivity index (χ2n) is 4.23. The molecule has 0 heterocycles. The Bertz CT molecular complexity index is 631. The molecule has 104 valence electrons. The van der Waals surface area contributed by atoms with Crippen LogP contribution in [0, 0.1) is 11.6 Å². The van der Waals surface area contributed by atoms with Gasteiger partial charge in [-0.2, -0.15) is 0 Å². The molecule has 2 rings (SSSR count). The van der Waals surface area contributed by atoms with Crippen LogP contribution in [0.15, 0.2) is 46.9 Å². The number of hydrogen-bond donors (Lipinski definition) is 1. The lowest BCUT2D eigenvalue weighted by Gasteiger charge is -2.06. The molecule has 1 N–H and O–H groups in total. The number of carbonyl (C=O) groups is 1. The minimum Gasteiger partial charge on any atom is -0.352 e. The minimum atomic E-state index is -0.423. The summed E-state index contributed by atoms with van der Waals surface area (Å²) in [6, 6.07) is 10.5. The molecule has 2 aromatic rings. The summed E-state index contributed by atoms with van der Waals surface area (Å²) in [6.07, 6.45) is 0.404. The first kappa shape index (κ1) is 14.7. The predicted molar refractivity (Wildman–Crippen MR) is 76.5 cm³/mol. The maximum atomic E-state index is 13.4. The molecular weight excluding hydrogens is 328 g/mol. The quantitative estimate of drug-likeness (QED) is 0.904. The number of carbonyl (C=O) groups excluding carboxylic acids is 1. The molecule has 0 fully saturated rings. The molecule has 0 bridgehead atoms. The Morgan fingerprint density at radius 1 is 1.10 bits per heavy atom. The molecule has 0 radical (unpaired) electrons. The summed E-state index contributed by atoms with van der Waals surface area (Å²) < 4.78 is 26.7. The van der Waals surface area contributed by atoms with Crippen LogP contribution < -0.4 is 5.32 Å². The fraction of sp³-hybridized carbons (Fsp3) is 0.133. The Morgan fingerprint density at radius 2 is 1.85 bits per heavy atom. The molecule has 0 aromatic heterocycles. The van der Waals surface area contributed by atoms with E-state index in [0.717, 1.165) is 0 Å². The first-order valence-electron chi connectivity index (χ1n) is 6.04. The topological polar surface area (TPSA) is 29.1 Å². The van der Waals surface area contributed by atoms with Gasteiger partial charge in [0.2, 0.25) is 0 Å². The third kappa shape index (κ3) is 3.63. The van der Waals surface area contributed by atoms with Gasteiger partial charge in [0.15, 0.2) is 0 Å². The maximum absolute atomic E-state index is 13.4. The number of amides is 1. The predicted octanol–water partition coefficient (Wildman–Crippen LogP) is 3.70. The summed E-state index contributed by atoms with van der Waals surface area (Å²) in [7, 11) is 0. The SMILES string of the molecule is O=C(NCCc1ccccc1F)c1ccc(F)c(Br)c1. The van der Waals surface area contributed by atoms with Crippen LogP contribution >= 0.6 is 15.9 Å². The van der Waals surface area contributed by atoms with E-state index in [2.05, 4.69) is 21.2 Å². The fourth-order valence-corrected chi connectivity index (χ4v) is 2.13. The fourth-order valence-electron chi connectivity index (χ4n) is 1.75. The van der Waals surface area contributed by atoms with Gasteiger partial charge in [-0.3, -0.25) is 4.79 Å². The molecule has 0 atom stereocenters. The number of benzene rings is 2. The lowest BCUT2D eigenvalue weighted by Crippen LogP contribution is -2.25. The van der Waals surface area contributed by atoms with Gasteiger partial charge in [-0.1, -0.05) is 18.2 Å². The van der Waals surface area contributed by atoms with Crippen LogP contribution in [-0.2, 0) is 6.42 Å². The molecule has 0 aliphatic heterocycles. The van der Waals surface area contributed by atoms with Gasteiger partial charge in [0.1, 0.15) is 11.6 Å². The van der Waals surface area contributed by atoms with Crippen molar-refractivity contribution in [3.63, 3.8) is 0 Å². The van der Waals surface area contributed by atoms with Crippen LogP contribution in [-0.4, -0.2) is 12.5 Å². The highest BCUT2D eigenvalue weighted by molar-refractivity contribution is 9.10. The van der Waals surface area contributed by atoms with Gasteiger partial charge in [0, 0.05) is 12.1 Å². The van der Waals surface area contributed by atoms with Gasteiger partial charge in [0.25, 0.3) is 5.91 Å². The number of halogens is 3. The molecular formula is C15H12BrF2NO. The van der Waals surface area contributed by atoms with E-state index in [1.807, 2.05) is 0 Å². The third-order valence-electron chi connectivity index (χ3n) is 2.82. The molecule has 20 heavy (non-hydrogen) atoms. The first-order valence-corrected chi connectivity index (χ1v) is 6.84. The van der Waals surface area contributed by atoms with E-state index in [-0.39, 0.29) is 16.2 Å². The van der Waals surface area contributed by atoms with E-state index >= 15 is 0 Å². The summed E-state index contributed by atoms with van der Waals surface area (Å²) in [4.78, 5) is 11.8. The van der Waals surface area contributed by atoms with Crippen LogP contribution in [0.1, 0.15) is 15.9 Å². The highest BCUT2D eigenvalue weighted by Crippen LogP contribution is 2.16. The number of nitrogens with one attached hydrogen (secondary N) is 1. The average molecular weight is 340 g/mol. The molecule has 0 aliphatic carbocycles. The Morgan fingerprint density at radius 3 is 2.55 bits per heavy atom. The molecule has 0 spiro atoms. The van der Waals surface area contributed by atoms with E-state index in [1.165, 1.54) is 24.3 Å². The summed E-state index contributed by atoms with van der Waals surface area (Å²) >= 11 is 3.02. The number of rotatable bonds is 4. The zero-order chi connectivity index (χ0) is 14.5. The Hall–Kier alpha value is -1.75. The van der Waals surface area contributed by atoms with Crippen molar-refractivity contribution >= 4 is 21.8 Å². The van der Waals surface area contributed by atoms with Crippen molar-refractivity contribution in [3.05, 3.63) is 69.7 Å². The minimum absolute atomic E-state index is 0.235. The van der Waals surface area contributed by atoms with Gasteiger partial charge >= 0.3 is 0 Å². The summed E-state index contributed by atoms with van der Waals surface area (Å²) in [5.41, 5.74) is 0.903. The highest BCUT2D eigenvalue weighted by Gasteiger charge is 2.08. The monoisotopic (exact) mass is 339 g/mol. The van der Waals surface area contributed by atoms with Crippen LogP contribution in [0.5, 0.6) is 0 Å². The molecule has 5 heteroatoms. The van der Waals surface area contributed by atoms with Crippen LogP contribution in [0.2, 0.25) is 0 Å². The van der Waals surface area contributed by atoms with Gasteiger partial charge < -0.3 is 5.32 Å². The molecule has 2 nitrogen and oxygen atoms in total. The Balaban J connectivity index is 1.92. The van der Waals surface area contributed by atoms with Gasteiger partial charge in [-0.05, 0) is 52.2 Å². The zero-order valence-corrected chi connectivity index (χ0v) is 12.1. The van der Waals surface area contributed by atoms with Crippen molar-refractivity contribution < 1.29 is 13.6 Å². The van der Waals surface area contributed by atoms with Gasteiger partial charge in [-0.25, -0.2) is 8.78 Å². The lowest BCUT2D eigenvalue weighted by atomic mass is 10.1.